The molecule has 0 bridgehead atoms. The van der Waals surface area contributed by atoms with Crippen molar-refractivity contribution >= 4 is 17.3 Å². The molecule has 1 aliphatic heterocycles. The van der Waals surface area contributed by atoms with E-state index in [1.165, 1.54) is 0 Å². The zero-order valence-corrected chi connectivity index (χ0v) is 8.69. The van der Waals surface area contributed by atoms with E-state index in [1.54, 1.807) is 12.2 Å². The van der Waals surface area contributed by atoms with E-state index in [4.69, 9.17) is 0 Å². The fraction of sp³-hybridized carbons (Fsp3) is 0.364. The highest BCUT2D eigenvalue weighted by atomic mass is 16.3. The third-order valence-corrected chi connectivity index (χ3v) is 2.78. The van der Waals surface area contributed by atoms with Crippen molar-refractivity contribution in [3.63, 3.8) is 0 Å². The van der Waals surface area contributed by atoms with Gasteiger partial charge in [-0.15, -0.1) is 0 Å². The Hall–Kier alpha value is -1.75. The molecule has 0 saturated heterocycles. The fourth-order valence-corrected chi connectivity index (χ4v) is 1.93. The number of carbonyl (C=O) groups is 3. The van der Waals surface area contributed by atoms with Crippen molar-refractivity contribution in [2.24, 2.45) is 5.92 Å². The Bertz CT molecular complexity index is 447. The Morgan fingerprint density at radius 2 is 2.00 bits per heavy atom. The van der Waals surface area contributed by atoms with Crippen LogP contribution in [-0.4, -0.2) is 35.1 Å². The van der Waals surface area contributed by atoms with Gasteiger partial charge in [0.1, 0.15) is 6.10 Å². The summed E-state index contributed by atoms with van der Waals surface area (Å²) in [5, 5.41) is 12.6. The number of carbonyl (C=O) groups excluding carboxylic acids is 3. The number of nitrogens with one attached hydrogen (secondary N) is 1. The first-order valence-electron chi connectivity index (χ1n) is 4.95. The number of aliphatic hydroxyl groups is 1. The van der Waals surface area contributed by atoms with Gasteiger partial charge in [-0.05, 0) is 18.6 Å². The van der Waals surface area contributed by atoms with Crippen LogP contribution in [0.2, 0.25) is 0 Å². The SMILES string of the molecule is CC1=CC(C2C(=O)C(=O)C(=O)C2O)=CCN1. The number of dihydropyridines is 1. The molecule has 1 fully saturated rings. The monoisotopic (exact) mass is 221 g/mol. The van der Waals surface area contributed by atoms with Crippen LogP contribution in [0.25, 0.3) is 0 Å². The van der Waals surface area contributed by atoms with Crippen LogP contribution in [0.4, 0.5) is 0 Å². The van der Waals surface area contributed by atoms with Gasteiger partial charge in [-0.3, -0.25) is 14.4 Å². The molecule has 1 aliphatic carbocycles. The van der Waals surface area contributed by atoms with Crippen molar-refractivity contribution in [2.45, 2.75) is 13.0 Å². The lowest BCUT2D eigenvalue weighted by molar-refractivity contribution is -0.141. The molecule has 2 rings (SSSR count). The number of hydrogen-bond acceptors (Lipinski definition) is 5. The van der Waals surface area contributed by atoms with Crippen LogP contribution in [0.1, 0.15) is 6.92 Å². The van der Waals surface area contributed by atoms with Gasteiger partial charge in [0.2, 0.25) is 11.6 Å². The Morgan fingerprint density at radius 3 is 2.50 bits per heavy atom. The van der Waals surface area contributed by atoms with Gasteiger partial charge < -0.3 is 10.4 Å². The van der Waals surface area contributed by atoms with Gasteiger partial charge in [0, 0.05) is 12.2 Å². The molecule has 2 N–H and O–H groups in total. The molecule has 2 atom stereocenters. The molecule has 16 heavy (non-hydrogen) atoms. The molecule has 0 aromatic carbocycles. The van der Waals surface area contributed by atoms with Crippen LogP contribution in [0.15, 0.2) is 23.4 Å². The molecule has 0 aromatic rings. The second-order valence-electron chi connectivity index (χ2n) is 3.89. The summed E-state index contributed by atoms with van der Waals surface area (Å²) >= 11 is 0. The maximum atomic E-state index is 11.5. The second kappa shape index (κ2) is 3.68. The molecule has 1 heterocycles. The first kappa shape index (κ1) is 10.8. The Labute approximate surface area is 91.8 Å². The summed E-state index contributed by atoms with van der Waals surface area (Å²) in [6.07, 6.45) is 1.85. The van der Waals surface area contributed by atoms with Crippen molar-refractivity contribution in [3.8, 4) is 0 Å². The number of aliphatic hydroxyl groups excluding tert-OH is 1. The van der Waals surface area contributed by atoms with Crippen molar-refractivity contribution in [1.82, 2.24) is 5.32 Å². The number of ketones is 3. The van der Waals surface area contributed by atoms with E-state index in [2.05, 4.69) is 5.32 Å². The van der Waals surface area contributed by atoms with Gasteiger partial charge in [0.25, 0.3) is 5.78 Å². The van der Waals surface area contributed by atoms with Crippen molar-refractivity contribution in [2.75, 3.05) is 6.54 Å². The van der Waals surface area contributed by atoms with Crippen LogP contribution in [-0.2, 0) is 14.4 Å². The lowest BCUT2D eigenvalue weighted by atomic mass is 9.92. The van der Waals surface area contributed by atoms with E-state index in [0.29, 0.717) is 12.1 Å². The molecular formula is C11H11NO4. The van der Waals surface area contributed by atoms with E-state index >= 15 is 0 Å². The Balaban J connectivity index is 2.35. The van der Waals surface area contributed by atoms with Gasteiger partial charge in [-0.2, -0.15) is 0 Å². The average molecular weight is 221 g/mol. The third-order valence-electron chi connectivity index (χ3n) is 2.78. The van der Waals surface area contributed by atoms with Crippen molar-refractivity contribution < 1.29 is 19.5 Å². The van der Waals surface area contributed by atoms with E-state index < -0.39 is 29.4 Å². The molecule has 5 nitrogen and oxygen atoms in total. The zero-order valence-electron chi connectivity index (χ0n) is 8.69. The number of allylic oxidation sites excluding steroid dienone is 2. The summed E-state index contributed by atoms with van der Waals surface area (Å²) in [7, 11) is 0. The molecule has 0 spiro atoms. The molecular weight excluding hydrogens is 210 g/mol. The highest BCUT2D eigenvalue weighted by Crippen LogP contribution is 2.27. The molecule has 2 unspecified atom stereocenters. The smallest absolute Gasteiger partial charge is 0.267 e. The minimum absolute atomic E-state index is 0.524. The molecule has 0 amide bonds. The predicted octanol–water partition coefficient (Wildman–Crippen LogP) is -0.882. The van der Waals surface area contributed by atoms with Crippen LogP contribution in [0.5, 0.6) is 0 Å². The van der Waals surface area contributed by atoms with E-state index in [1.807, 2.05) is 6.92 Å². The number of rotatable bonds is 1. The summed E-state index contributed by atoms with van der Waals surface area (Å²) in [6, 6.07) is 0. The predicted molar refractivity (Wildman–Crippen MR) is 54.4 cm³/mol. The Kier molecular flexibility index (Phi) is 2.47. The molecule has 84 valence electrons. The van der Waals surface area contributed by atoms with Crippen LogP contribution >= 0.6 is 0 Å². The molecule has 1 saturated carbocycles. The zero-order chi connectivity index (χ0) is 11.9. The van der Waals surface area contributed by atoms with Crippen molar-refractivity contribution in [1.29, 1.82) is 0 Å². The van der Waals surface area contributed by atoms with Crippen LogP contribution in [0, 0.1) is 5.92 Å². The van der Waals surface area contributed by atoms with Gasteiger partial charge in [-0.1, -0.05) is 6.08 Å². The van der Waals surface area contributed by atoms with Gasteiger partial charge in [-0.25, -0.2) is 0 Å². The minimum Gasteiger partial charge on any atom is -0.385 e. The lowest BCUT2D eigenvalue weighted by Gasteiger charge is -2.18. The first-order chi connectivity index (χ1) is 7.52. The van der Waals surface area contributed by atoms with Crippen LogP contribution in [0.3, 0.4) is 0 Å². The van der Waals surface area contributed by atoms with Crippen LogP contribution < -0.4 is 5.32 Å². The average Bonchev–Trinajstić information content (AvgIpc) is 2.44. The highest BCUT2D eigenvalue weighted by Gasteiger charge is 2.49. The van der Waals surface area contributed by atoms with Gasteiger partial charge in [0.05, 0.1) is 5.92 Å². The Morgan fingerprint density at radius 1 is 1.31 bits per heavy atom. The molecule has 5 heteroatoms. The largest absolute Gasteiger partial charge is 0.385 e. The molecule has 2 aliphatic rings. The van der Waals surface area contributed by atoms with E-state index in [9.17, 15) is 19.5 Å². The van der Waals surface area contributed by atoms with E-state index in [0.717, 1.165) is 5.70 Å². The molecule has 0 radical (unpaired) electrons. The highest BCUT2D eigenvalue weighted by molar-refractivity contribution is 6.69. The van der Waals surface area contributed by atoms with Crippen molar-refractivity contribution in [3.05, 3.63) is 23.4 Å². The first-order valence-corrected chi connectivity index (χ1v) is 4.95. The maximum Gasteiger partial charge on any atom is 0.267 e. The standard InChI is InChI=1S/C11H11NO4/c1-5-4-6(2-3-12-5)7-8(13)10(15)11(16)9(7)14/h2,4,7-8,12-13H,3H2,1H3. The normalized spacial score (nSPS) is 30.0. The lowest BCUT2D eigenvalue weighted by Crippen LogP contribution is -2.27. The summed E-state index contributed by atoms with van der Waals surface area (Å²) < 4.78 is 0. The third kappa shape index (κ3) is 1.49. The number of hydrogen-bond donors (Lipinski definition) is 2. The van der Waals surface area contributed by atoms with E-state index in [-0.39, 0.29) is 0 Å². The summed E-state index contributed by atoms with van der Waals surface area (Å²) in [5.74, 6) is -3.92. The quantitative estimate of drug-likeness (QED) is 0.562. The van der Waals surface area contributed by atoms with Gasteiger partial charge >= 0.3 is 0 Å². The van der Waals surface area contributed by atoms with Gasteiger partial charge in [0.15, 0.2) is 0 Å². The maximum absolute atomic E-state index is 11.5. The fourth-order valence-electron chi connectivity index (χ4n) is 1.93. The number of Topliss-reactive ketones (excluding diaryl/α,β-unsaturated/α-hetero) is 3. The summed E-state index contributed by atoms with van der Waals surface area (Å²) in [6.45, 7) is 2.33. The second-order valence-corrected chi connectivity index (χ2v) is 3.89. The summed E-state index contributed by atoms with van der Waals surface area (Å²) in [5.41, 5.74) is 1.37. The molecule has 0 aromatic heterocycles. The summed E-state index contributed by atoms with van der Waals surface area (Å²) in [4.78, 5) is 33.8. The topological polar surface area (TPSA) is 83.5 Å². The minimum atomic E-state index is -1.52.